The highest BCUT2D eigenvalue weighted by atomic mass is 16.5. The Morgan fingerprint density at radius 1 is 1.24 bits per heavy atom. The number of nitrogens with one attached hydrogen (secondary N) is 1. The number of hydrogen-bond donors (Lipinski definition) is 2. The Morgan fingerprint density at radius 3 is 2.43 bits per heavy atom. The van der Waals surface area contributed by atoms with Crippen molar-refractivity contribution in [2.24, 2.45) is 5.41 Å². The number of aromatic carboxylic acids is 1. The topological polar surface area (TPSA) is 75.6 Å². The van der Waals surface area contributed by atoms with Crippen LogP contribution in [0.15, 0.2) is 18.2 Å². The third-order valence-corrected chi connectivity index (χ3v) is 2.94. The molecule has 1 aromatic rings. The third kappa shape index (κ3) is 6.40. The average molecular weight is 293 g/mol. The lowest BCUT2D eigenvalue weighted by Gasteiger charge is -2.17. The lowest BCUT2D eigenvalue weighted by Crippen LogP contribution is -2.16. The van der Waals surface area contributed by atoms with Gasteiger partial charge in [0, 0.05) is 19.2 Å². The van der Waals surface area contributed by atoms with Gasteiger partial charge in [-0.2, -0.15) is 0 Å². The third-order valence-electron chi connectivity index (χ3n) is 2.94. The molecule has 5 heteroatoms. The average Bonchev–Trinajstić information content (AvgIpc) is 2.35. The van der Waals surface area contributed by atoms with Crippen LogP contribution < -0.4 is 5.32 Å². The zero-order valence-electron chi connectivity index (χ0n) is 13.0. The van der Waals surface area contributed by atoms with Gasteiger partial charge >= 0.3 is 5.97 Å². The fourth-order valence-corrected chi connectivity index (χ4v) is 1.85. The van der Waals surface area contributed by atoms with Gasteiger partial charge in [-0.1, -0.05) is 20.8 Å². The lowest BCUT2D eigenvalue weighted by atomic mass is 9.90. The number of rotatable bonds is 6. The zero-order chi connectivity index (χ0) is 16.0. The summed E-state index contributed by atoms with van der Waals surface area (Å²) in [6.45, 7) is 6.51. The summed E-state index contributed by atoms with van der Waals surface area (Å²) in [4.78, 5) is 23.0. The van der Waals surface area contributed by atoms with E-state index < -0.39 is 5.97 Å². The van der Waals surface area contributed by atoms with Crippen LogP contribution in [0.3, 0.4) is 0 Å². The second kappa shape index (κ2) is 7.22. The number of anilines is 1. The highest BCUT2D eigenvalue weighted by Gasteiger charge is 2.14. The summed E-state index contributed by atoms with van der Waals surface area (Å²) in [6, 6.07) is 4.72. The number of carbonyl (C=O) groups excluding carboxylic acids is 1. The maximum atomic E-state index is 11.9. The number of carboxylic acids is 1. The van der Waals surface area contributed by atoms with Crippen molar-refractivity contribution in [1.82, 2.24) is 0 Å². The highest BCUT2D eigenvalue weighted by molar-refractivity contribution is 5.94. The second-order valence-electron chi connectivity index (χ2n) is 6.27. The molecule has 0 aliphatic carbocycles. The molecule has 1 amide bonds. The molecule has 0 aromatic heterocycles. The molecule has 0 fully saturated rings. The Hall–Kier alpha value is -1.88. The number of amides is 1. The molecule has 0 saturated heterocycles. The van der Waals surface area contributed by atoms with E-state index in [1.54, 1.807) is 6.07 Å². The first-order valence-electron chi connectivity index (χ1n) is 6.87. The van der Waals surface area contributed by atoms with E-state index in [1.165, 1.54) is 19.2 Å². The Balaban J connectivity index is 2.81. The van der Waals surface area contributed by atoms with Crippen LogP contribution in [0.2, 0.25) is 0 Å². The smallest absolute Gasteiger partial charge is 0.335 e. The van der Waals surface area contributed by atoms with E-state index in [0.717, 1.165) is 6.42 Å². The van der Waals surface area contributed by atoms with Crippen LogP contribution in [0.25, 0.3) is 0 Å². The molecule has 0 radical (unpaired) electrons. The van der Waals surface area contributed by atoms with Crippen molar-refractivity contribution in [3.05, 3.63) is 29.3 Å². The van der Waals surface area contributed by atoms with Crippen molar-refractivity contribution in [3.8, 4) is 0 Å². The van der Waals surface area contributed by atoms with Gasteiger partial charge in [0.15, 0.2) is 0 Å². The molecule has 2 N–H and O–H groups in total. The maximum absolute atomic E-state index is 11.9. The first-order chi connectivity index (χ1) is 9.71. The minimum atomic E-state index is -1.03. The van der Waals surface area contributed by atoms with Crippen LogP contribution >= 0.6 is 0 Å². The molecule has 116 valence electrons. The molecule has 5 nitrogen and oxygen atoms in total. The summed E-state index contributed by atoms with van der Waals surface area (Å²) in [5.41, 5.74) is 1.42. The molecule has 0 aliphatic heterocycles. The van der Waals surface area contributed by atoms with Crippen molar-refractivity contribution < 1.29 is 19.4 Å². The number of carbonyl (C=O) groups is 2. The molecule has 1 aromatic carbocycles. The van der Waals surface area contributed by atoms with Crippen molar-refractivity contribution in [3.63, 3.8) is 0 Å². The Bertz CT molecular complexity index is 517. The van der Waals surface area contributed by atoms with E-state index in [1.807, 2.05) is 0 Å². The van der Waals surface area contributed by atoms with E-state index in [9.17, 15) is 9.59 Å². The van der Waals surface area contributed by atoms with Crippen LogP contribution in [-0.2, 0) is 16.1 Å². The molecule has 0 aliphatic rings. The van der Waals surface area contributed by atoms with E-state index in [4.69, 9.17) is 9.84 Å². The highest BCUT2D eigenvalue weighted by Crippen LogP contribution is 2.21. The summed E-state index contributed by atoms with van der Waals surface area (Å²) in [5.74, 6) is -1.14. The van der Waals surface area contributed by atoms with Gasteiger partial charge < -0.3 is 15.2 Å². The van der Waals surface area contributed by atoms with Crippen LogP contribution in [0.4, 0.5) is 5.69 Å². The van der Waals surface area contributed by atoms with Crippen molar-refractivity contribution in [2.45, 2.75) is 40.2 Å². The number of methoxy groups -OCH3 is 1. The van der Waals surface area contributed by atoms with Gasteiger partial charge in [0.05, 0.1) is 12.2 Å². The summed E-state index contributed by atoms with van der Waals surface area (Å²) in [6.07, 6.45) is 1.17. The Labute approximate surface area is 125 Å². The lowest BCUT2D eigenvalue weighted by molar-refractivity contribution is -0.116. The molecule has 0 spiro atoms. The minimum absolute atomic E-state index is 0.0848. The number of carboxylic acid groups (broad SMARTS) is 1. The van der Waals surface area contributed by atoms with E-state index >= 15 is 0 Å². The summed E-state index contributed by atoms with van der Waals surface area (Å²) < 4.78 is 5.01. The van der Waals surface area contributed by atoms with E-state index in [-0.39, 0.29) is 16.9 Å². The Kier molecular flexibility index (Phi) is 5.90. The summed E-state index contributed by atoms with van der Waals surface area (Å²) in [5, 5.41) is 11.8. The van der Waals surface area contributed by atoms with Crippen molar-refractivity contribution in [2.75, 3.05) is 12.4 Å². The predicted octanol–water partition coefficient (Wildman–Crippen LogP) is 3.30. The largest absolute Gasteiger partial charge is 0.478 e. The molecule has 0 atom stereocenters. The number of hydrogen-bond acceptors (Lipinski definition) is 3. The number of ether oxygens (including phenoxy) is 1. The summed E-state index contributed by atoms with van der Waals surface area (Å²) >= 11 is 0. The fourth-order valence-electron chi connectivity index (χ4n) is 1.85. The normalized spacial score (nSPS) is 11.2. The zero-order valence-corrected chi connectivity index (χ0v) is 13.0. The van der Waals surface area contributed by atoms with Gasteiger partial charge in [0.1, 0.15) is 0 Å². The van der Waals surface area contributed by atoms with Gasteiger partial charge in [-0.15, -0.1) is 0 Å². The van der Waals surface area contributed by atoms with Crippen molar-refractivity contribution >= 4 is 17.6 Å². The van der Waals surface area contributed by atoms with E-state index in [2.05, 4.69) is 26.1 Å². The van der Waals surface area contributed by atoms with Gasteiger partial charge in [-0.05, 0) is 35.6 Å². The quantitative estimate of drug-likeness (QED) is 0.843. The van der Waals surface area contributed by atoms with Gasteiger partial charge in [-0.25, -0.2) is 4.79 Å². The SMILES string of the molecule is COCc1cc(NC(=O)CCC(C)(C)C)cc(C(=O)O)c1. The molecule has 0 heterocycles. The van der Waals surface area contributed by atoms with Crippen LogP contribution in [0.5, 0.6) is 0 Å². The van der Waals surface area contributed by atoms with Crippen LogP contribution in [0.1, 0.15) is 49.5 Å². The first kappa shape index (κ1) is 17.2. The molecular weight excluding hydrogens is 270 g/mol. The predicted molar refractivity (Wildman–Crippen MR) is 81.4 cm³/mol. The number of benzene rings is 1. The molecule has 0 unspecified atom stereocenters. The van der Waals surface area contributed by atoms with E-state index in [0.29, 0.717) is 24.3 Å². The summed E-state index contributed by atoms with van der Waals surface area (Å²) in [7, 11) is 1.54. The van der Waals surface area contributed by atoms with Crippen LogP contribution in [0, 0.1) is 5.41 Å². The van der Waals surface area contributed by atoms with Gasteiger partial charge in [0.2, 0.25) is 5.91 Å². The molecular formula is C16H23NO4. The Morgan fingerprint density at radius 2 is 1.90 bits per heavy atom. The second-order valence-corrected chi connectivity index (χ2v) is 6.27. The first-order valence-corrected chi connectivity index (χ1v) is 6.87. The fraction of sp³-hybridized carbons (Fsp3) is 0.500. The maximum Gasteiger partial charge on any atom is 0.335 e. The van der Waals surface area contributed by atoms with Crippen LogP contribution in [-0.4, -0.2) is 24.1 Å². The minimum Gasteiger partial charge on any atom is -0.478 e. The molecule has 1 rings (SSSR count). The molecule has 0 saturated carbocycles. The van der Waals surface area contributed by atoms with Gasteiger partial charge in [0.25, 0.3) is 0 Å². The van der Waals surface area contributed by atoms with Gasteiger partial charge in [-0.3, -0.25) is 4.79 Å². The monoisotopic (exact) mass is 293 g/mol. The standard InChI is InChI=1S/C16H23NO4/c1-16(2,3)6-5-14(18)17-13-8-11(10-21-4)7-12(9-13)15(19)20/h7-9H,5-6,10H2,1-4H3,(H,17,18)(H,19,20). The molecule has 21 heavy (non-hydrogen) atoms. The molecule has 0 bridgehead atoms. The van der Waals surface area contributed by atoms with Crippen molar-refractivity contribution in [1.29, 1.82) is 0 Å².